The van der Waals surface area contributed by atoms with Gasteiger partial charge >= 0.3 is 0 Å². The SMILES string of the molecule is NC/C=C/CNc1nc[nH]c(=O)c1Br. The largest absolute Gasteiger partial charge is 0.365 e. The summed E-state index contributed by atoms with van der Waals surface area (Å²) in [6, 6.07) is 0. The van der Waals surface area contributed by atoms with Crippen molar-refractivity contribution < 1.29 is 0 Å². The highest BCUT2D eigenvalue weighted by Crippen LogP contribution is 2.12. The molecule has 0 amide bonds. The van der Waals surface area contributed by atoms with Gasteiger partial charge in [0.15, 0.2) is 0 Å². The highest BCUT2D eigenvalue weighted by molar-refractivity contribution is 9.10. The number of nitrogens with one attached hydrogen (secondary N) is 2. The lowest BCUT2D eigenvalue weighted by Crippen LogP contribution is -2.12. The van der Waals surface area contributed by atoms with Crippen LogP contribution in [0.3, 0.4) is 0 Å². The van der Waals surface area contributed by atoms with E-state index in [-0.39, 0.29) is 5.56 Å². The first-order valence-electron chi connectivity index (χ1n) is 4.08. The molecule has 0 aliphatic carbocycles. The Bertz CT molecular complexity index is 374. The maximum atomic E-state index is 11.1. The highest BCUT2D eigenvalue weighted by Gasteiger charge is 2.02. The second-order valence-electron chi connectivity index (χ2n) is 2.48. The molecule has 0 radical (unpaired) electrons. The summed E-state index contributed by atoms with van der Waals surface area (Å²) in [5.41, 5.74) is 5.06. The molecule has 0 spiro atoms. The number of nitrogens with zero attached hydrogens (tertiary/aromatic N) is 1. The van der Waals surface area contributed by atoms with Crippen LogP contribution >= 0.6 is 15.9 Å². The van der Waals surface area contributed by atoms with Crippen LogP contribution < -0.4 is 16.6 Å². The van der Waals surface area contributed by atoms with Crippen molar-refractivity contribution >= 4 is 21.7 Å². The standard InChI is InChI=1S/C8H11BrN4O/c9-6-7(11-4-2-1-3-10)12-5-13-8(6)14/h1-2,5H,3-4,10H2,(H2,11,12,13,14)/b2-1+. The molecule has 1 aromatic heterocycles. The third-order valence-corrected chi connectivity index (χ3v) is 2.22. The average molecular weight is 259 g/mol. The zero-order chi connectivity index (χ0) is 10.4. The van der Waals surface area contributed by atoms with Gasteiger partial charge < -0.3 is 16.0 Å². The van der Waals surface area contributed by atoms with Crippen LogP contribution in [0.25, 0.3) is 0 Å². The zero-order valence-corrected chi connectivity index (χ0v) is 9.04. The summed E-state index contributed by atoms with van der Waals surface area (Å²) >= 11 is 3.13. The van der Waals surface area contributed by atoms with Crippen LogP contribution in [-0.4, -0.2) is 23.1 Å². The molecule has 6 heteroatoms. The van der Waals surface area contributed by atoms with E-state index in [1.807, 2.05) is 12.2 Å². The summed E-state index contributed by atoms with van der Waals surface area (Å²) in [5, 5.41) is 2.97. The lowest BCUT2D eigenvalue weighted by atomic mass is 10.4. The number of halogens is 1. The molecule has 0 aliphatic rings. The smallest absolute Gasteiger partial charge is 0.267 e. The Morgan fingerprint density at radius 3 is 3.14 bits per heavy atom. The molecule has 0 atom stereocenters. The topological polar surface area (TPSA) is 83.8 Å². The first-order valence-corrected chi connectivity index (χ1v) is 4.87. The van der Waals surface area contributed by atoms with E-state index < -0.39 is 0 Å². The maximum absolute atomic E-state index is 11.1. The van der Waals surface area contributed by atoms with Gasteiger partial charge in [-0.25, -0.2) is 4.98 Å². The van der Waals surface area contributed by atoms with E-state index in [4.69, 9.17) is 5.73 Å². The Labute approximate surface area is 89.6 Å². The van der Waals surface area contributed by atoms with Gasteiger partial charge in [0.05, 0.1) is 6.33 Å². The normalized spacial score (nSPS) is 10.7. The van der Waals surface area contributed by atoms with Gasteiger partial charge in [-0.15, -0.1) is 0 Å². The average Bonchev–Trinajstić information content (AvgIpc) is 2.19. The van der Waals surface area contributed by atoms with E-state index in [9.17, 15) is 4.79 Å². The Morgan fingerprint density at radius 1 is 1.64 bits per heavy atom. The summed E-state index contributed by atoms with van der Waals surface area (Å²) in [7, 11) is 0. The Hall–Kier alpha value is -1.14. The molecule has 76 valence electrons. The first kappa shape index (κ1) is 10.9. The van der Waals surface area contributed by atoms with Crippen LogP contribution in [-0.2, 0) is 0 Å². The summed E-state index contributed by atoms with van der Waals surface area (Å²) in [4.78, 5) is 17.5. The Balaban J connectivity index is 2.63. The Morgan fingerprint density at radius 2 is 2.43 bits per heavy atom. The van der Waals surface area contributed by atoms with Crippen molar-refractivity contribution in [2.24, 2.45) is 5.73 Å². The van der Waals surface area contributed by atoms with Gasteiger partial charge in [0.2, 0.25) is 0 Å². The van der Waals surface area contributed by atoms with Crippen LogP contribution in [0.1, 0.15) is 0 Å². The van der Waals surface area contributed by atoms with E-state index in [2.05, 4.69) is 31.2 Å². The molecule has 0 fully saturated rings. The molecule has 4 N–H and O–H groups in total. The molecule has 0 aliphatic heterocycles. The van der Waals surface area contributed by atoms with E-state index >= 15 is 0 Å². The van der Waals surface area contributed by atoms with Crippen molar-refractivity contribution in [3.63, 3.8) is 0 Å². The van der Waals surface area contributed by atoms with Crippen molar-refractivity contribution in [3.05, 3.63) is 33.3 Å². The maximum Gasteiger partial charge on any atom is 0.267 e. The number of H-pyrrole nitrogens is 1. The number of anilines is 1. The van der Waals surface area contributed by atoms with Gasteiger partial charge in [0.25, 0.3) is 5.56 Å². The number of hydrogen-bond acceptors (Lipinski definition) is 4. The van der Waals surface area contributed by atoms with Crippen LogP contribution in [0.5, 0.6) is 0 Å². The fraction of sp³-hybridized carbons (Fsp3) is 0.250. The van der Waals surface area contributed by atoms with Crippen LogP contribution in [0, 0.1) is 0 Å². The summed E-state index contributed by atoms with van der Waals surface area (Å²) < 4.78 is 0.404. The molecule has 0 saturated carbocycles. The van der Waals surface area contributed by atoms with Gasteiger partial charge in [0.1, 0.15) is 10.3 Å². The number of nitrogens with two attached hydrogens (primary N) is 1. The van der Waals surface area contributed by atoms with Crippen molar-refractivity contribution in [3.8, 4) is 0 Å². The minimum Gasteiger partial charge on any atom is -0.365 e. The monoisotopic (exact) mass is 258 g/mol. The van der Waals surface area contributed by atoms with Gasteiger partial charge in [-0.1, -0.05) is 12.2 Å². The van der Waals surface area contributed by atoms with Gasteiger partial charge in [-0.05, 0) is 15.9 Å². The molecular formula is C8H11BrN4O. The third-order valence-electron chi connectivity index (χ3n) is 1.49. The van der Waals surface area contributed by atoms with Gasteiger partial charge in [-0.2, -0.15) is 0 Å². The predicted molar refractivity (Wildman–Crippen MR) is 59.2 cm³/mol. The van der Waals surface area contributed by atoms with Crippen LogP contribution in [0.2, 0.25) is 0 Å². The molecule has 1 aromatic rings. The fourth-order valence-corrected chi connectivity index (χ4v) is 1.20. The quantitative estimate of drug-likeness (QED) is 0.686. The minimum atomic E-state index is -0.203. The summed E-state index contributed by atoms with van der Waals surface area (Å²) in [5.74, 6) is 0.524. The van der Waals surface area contributed by atoms with E-state index in [0.29, 0.717) is 23.4 Å². The summed E-state index contributed by atoms with van der Waals surface area (Å²) in [6.45, 7) is 1.10. The van der Waals surface area contributed by atoms with Crippen molar-refractivity contribution in [1.82, 2.24) is 9.97 Å². The van der Waals surface area contributed by atoms with Gasteiger partial charge in [0, 0.05) is 13.1 Å². The molecule has 0 aromatic carbocycles. The third kappa shape index (κ3) is 2.97. The van der Waals surface area contributed by atoms with Crippen molar-refractivity contribution in [1.29, 1.82) is 0 Å². The van der Waals surface area contributed by atoms with Crippen LogP contribution in [0.15, 0.2) is 27.7 Å². The van der Waals surface area contributed by atoms with Gasteiger partial charge in [-0.3, -0.25) is 4.79 Å². The first-order chi connectivity index (χ1) is 6.75. The van der Waals surface area contributed by atoms with E-state index in [1.165, 1.54) is 6.33 Å². The number of hydrogen-bond donors (Lipinski definition) is 3. The number of rotatable bonds is 4. The molecular weight excluding hydrogens is 248 g/mol. The predicted octanol–water partition coefficient (Wildman–Crippen LogP) is 0.459. The Kier molecular flexibility index (Phi) is 4.34. The molecule has 0 saturated heterocycles. The van der Waals surface area contributed by atoms with Crippen molar-refractivity contribution in [2.45, 2.75) is 0 Å². The second-order valence-corrected chi connectivity index (χ2v) is 3.28. The zero-order valence-electron chi connectivity index (χ0n) is 7.46. The van der Waals surface area contributed by atoms with E-state index in [1.54, 1.807) is 0 Å². The molecule has 0 bridgehead atoms. The second kappa shape index (κ2) is 5.56. The summed E-state index contributed by atoms with van der Waals surface area (Å²) in [6.07, 6.45) is 5.05. The lowest BCUT2D eigenvalue weighted by molar-refractivity contribution is 1.08. The number of aromatic nitrogens is 2. The highest BCUT2D eigenvalue weighted by atomic mass is 79.9. The number of aromatic amines is 1. The van der Waals surface area contributed by atoms with E-state index in [0.717, 1.165) is 0 Å². The molecule has 5 nitrogen and oxygen atoms in total. The van der Waals surface area contributed by atoms with Crippen molar-refractivity contribution in [2.75, 3.05) is 18.4 Å². The molecule has 14 heavy (non-hydrogen) atoms. The molecule has 1 heterocycles. The van der Waals surface area contributed by atoms with Crippen LogP contribution in [0.4, 0.5) is 5.82 Å². The lowest BCUT2D eigenvalue weighted by Gasteiger charge is -2.02. The minimum absolute atomic E-state index is 0.203. The molecule has 0 unspecified atom stereocenters. The molecule has 1 rings (SSSR count). The fourth-order valence-electron chi connectivity index (χ4n) is 0.841.